The van der Waals surface area contributed by atoms with Crippen LogP contribution in [-0.4, -0.2) is 17.7 Å². The second-order valence-corrected chi connectivity index (χ2v) is 5.61. The van der Waals surface area contributed by atoms with Crippen LogP contribution in [0.5, 0.6) is 0 Å². The van der Waals surface area contributed by atoms with Crippen molar-refractivity contribution < 1.29 is 4.74 Å². The molecule has 0 amide bonds. The zero-order chi connectivity index (χ0) is 13.5. The van der Waals surface area contributed by atoms with E-state index in [9.17, 15) is 0 Å². The molecule has 2 aromatic rings. The summed E-state index contributed by atoms with van der Waals surface area (Å²) in [6, 6.07) is 8.64. The summed E-state index contributed by atoms with van der Waals surface area (Å²) >= 11 is 0. The molecule has 0 saturated carbocycles. The van der Waals surface area contributed by atoms with E-state index < -0.39 is 0 Å². The average molecular weight is 295 g/mol. The van der Waals surface area contributed by atoms with E-state index in [-0.39, 0.29) is 18.0 Å². The molecule has 20 heavy (non-hydrogen) atoms. The number of hydrogen-bond acceptors (Lipinski definition) is 2. The Kier molecular flexibility index (Phi) is 4.43. The average Bonchev–Trinajstić information content (AvgIpc) is 2.73. The molecule has 0 bridgehead atoms. The molecule has 1 aliphatic rings. The van der Waals surface area contributed by atoms with Gasteiger partial charge in [0.1, 0.15) is 5.60 Å². The number of nitrogens with zero attached hydrogens (tertiary/aromatic N) is 1. The van der Waals surface area contributed by atoms with Crippen molar-refractivity contribution in [1.82, 2.24) is 4.57 Å². The third-order valence-electron chi connectivity index (χ3n) is 4.32. The minimum atomic E-state index is -0.194. The smallest absolute Gasteiger partial charge is 0.106 e. The summed E-state index contributed by atoms with van der Waals surface area (Å²) in [4.78, 5) is 0. The lowest BCUT2D eigenvalue weighted by molar-refractivity contribution is -0.0701. The second-order valence-electron chi connectivity index (χ2n) is 5.61. The maximum Gasteiger partial charge on any atom is 0.106 e. The summed E-state index contributed by atoms with van der Waals surface area (Å²) in [5.41, 5.74) is 9.51. The van der Waals surface area contributed by atoms with E-state index >= 15 is 0 Å². The number of fused-ring (bicyclic) bond motifs is 3. The molecule has 0 aliphatic carbocycles. The number of aromatic nitrogens is 1. The highest BCUT2D eigenvalue weighted by Gasteiger charge is 2.36. The Balaban J connectivity index is 0.00000147. The highest BCUT2D eigenvalue weighted by Crippen LogP contribution is 2.40. The maximum absolute atomic E-state index is 6.13. The SMILES string of the molecule is Cc1c2n(c3ccccc13)CCOC2(C)CCCN.Cl. The molecule has 2 N–H and O–H groups in total. The normalized spacial score (nSPS) is 21.6. The highest BCUT2D eigenvalue weighted by atomic mass is 35.5. The zero-order valence-electron chi connectivity index (χ0n) is 12.2. The van der Waals surface area contributed by atoms with Crippen molar-refractivity contribution >= 4 is 23.3 Å². The fraction of sp³-hybridized carbons (Fsp3) is 0.500. The van der Waals surface area contributed by atoms with Gasteiger partial charge in [0.25, 0.3) is 0 Å². The molecule has 3 rings (SSSR count). The van der Waals surface area contributed by atoms with Gasteiger partial charge in [-0.05, 0) is 44.9 Å². The lowest BCUT2D eigenvalue weighted by atomic mass is 9.91. The van der Waals surface area contributed by atoms with Crippen LogP contribution in [0.1, 0.15) is 31.0 Å². The second kappa shape index (κ2) is 5.76. The molecule has 4 heteroatoms. The van der Waals surface area contributed by atoms with Gasteiger partial charge >= 0.3 is 0 Å². The van der Waals surface area contributed by atoms with Gasteiger partial charge in [0.05, 0.1) is 12.3 Å². The predicted molar refractivity (Wildman–Crippen MR) is 85.5 cm³/mol. The lowest BCUT2D eigenvalue weighted by Crippen LogP contribution is -2.36. The fourth-order valence-corrected chi connectivity index (χ4v) is 3.45. The maximum atomic E-state index is 6.13. The van der Waals surface area contributed by atoms with Crippen molar-refractivity contribution in [2.45, 2.75) is 38.8 Å². The highest BCUT2D eigenvalue weighted by molar-refractivity contribution is 5.86. The van der Waals surface area contributed by atoms with Crippen LogP contribution in [0, 0.1) is 6.92 Å². The van der Waals surface area contributed by atoms with Crippen LogP contribution in [0.25, 0.3) is 10.9 Å². The predicted octanol–water partition coefficient (Wildman–Crippen LogP) is 3.36. The van der Waals surface area contributed by atoms with Crippen molar-refractivity contribution in [2.75, 3.05) is 13.2 Å². The van der Waals surface area contributed by atoms with Crippen molar-refractivity contribution in [3.63, 3.8) is 0 Å². The first-order chi connectivity index (χ1) is 9.17. The molecule has 1 aromatic carbocycles. The molecule has 3 nitrogen and oxygen atoms in total. The van der Waals surface area contributed by atoms with E-state index in [1.165, 1.54) is 22.2 Å². The number of halogens is 1. The van der Waals surface area contributed by atoms with E-state index in [4.69, 9.17) is 10.5 Å². The van der Waals surface area contributed by atoms with Crippen LogP contribution < -0.4 is 5.73 Å². The van der Waals surface area contributed by atoms with Gasteiger partial charge in [0.15, 0.2) is 0 Å². The van der Waals surface area contributed by atoms with Crippen molar-refractivity contribution in [1.29, 1.82) is 0 Å². The summed E-state index contributed by atoms with van der Waals surface area (Å²) < 4.78 is 8.56. The number of rotatable bonds is 3. The Hall–Kier alpha value is -1.03. The van der Waals surface area contributed by atoms with Crippen LogP contribution >= 0.6 is 12.4 Å². The third-order valence-corrected chi connectivity index (χ3v) is 4.32. The molecular weight excluding hydrogens is 272 g/mol. The summed E-state index contributed by atoms with van der Waals surface area (Å²) in [6.07, 6.45) is 1.98. The standard InChI is InChI=1S/C16H22N2O.ClH/c1-12-13-6-3-4-7-14(13)18-10-11-19-16(2,15(12)18)8-5-9-17;/h3-4,6-7H,5,8-11,17H2,1-2H3;1H. The number of para-hydroxylation sites is 1. The number of benzene rings is 1. The van der Waals surface area contributed by atoms with Crippen molar-refractivity contribution in [3.05, 3.63) is 35.5 Å². The molecule has 1 aromatic heterocycles. The van der Waals surface area contributed by atoms with Gasteiger partial charge in [-0.3, -0.25) is 0 Å². The fourth-order valence-electron chi connectivity index (χ4n) is 3.45. The Morgan fingerprint density at radius 3 is 2.85 bits per heavy atom. The van der Waals surface area contributed by atoms with Gasteiger partial charge < -0.3 is 15.0 Å². The zero-order valence-corrected chi connectivity index (χ0v) is 13.0. The number of ether oxygens (including phenoxy) is 1. The number of aryl methyl sites for hydroxylation is 1. The van der Waals surface area contributed by atoms with Gasteiger partial charge in [0.2, 0.25) is 0 Å². The van der Waals surface area contributed by atoms with Gasteiger partial charge in [-0.2, -0.15) is 0 Å². The van der Waals surface area contributed by atoms with Crippen LogP contribution in [0.4, 0.5) is 0 Å². The Morgan fingerprint density at radius 2 is 2.10 bits per heavy atom. The van der Waals surface area contributed by atoms with E-state index in [0.29, 0.717) is 0 Å². The molecule has 0 fully saturated rings. The van der Waals surface area contributed by atoms with E-state index in [2.05, 4.69) is 42.7 Å². The molecule has 0 radical (unpaired) electrons. The lowest BCUT2D eigenvalue weighted by Gasteiger charge is -2.36. The summed E-state index contributed by atoms with van der Waals surface area (Å²) in [7, 11) is 0. The first kappa shape index (κ1) is 15.4. The quantitative estimate of drug-likeness (QED) is 0.943. The van der Waals surface area contributed by atoms with Gasteiger partial charge in [-0.1, -0.05) is 18.2 Å². The number of nitrogens with two attached hydrogens (primary N) is 1. The van der Waals surface area contributed by atoms with Crippen molar-refractivity contribution in [2.24, 2.45) is 5.73 Å². The Morgan fingerprint density at radius 1 is 1.35 bits per heavy atom. The van der Waals surface area contributed by atoms with Crippen LogP contribution in [-0.2, 0) is 16.9 Å². The molecule has 2 heterocycles. The van der Waals surface area contributed by atoms with Crippen molar-refractivity contribution in [3.8, 4) is 0 Å². The molecular formula is C16H23ClN2O. The van der Waals surface area contributed by atoms with Crippen LogP contribution in [0.2, 0.25) is 0 Å². The molecule has 1 aliphatic heterocycles. The first-order valence-corrected chi connectivity index (χ1v) is 7.10. The minimum absolute atomic E-state index is 0. The monoisotopic (exact) mass is 294 g/mol. The Bertz CT molecular complexity index is 608. The molecule has 110 valence electrons. The molecule has 0 saturated heterocycles. The third kappa shape index (κ3) is 2.24. The molecule has 0 spiro atoms. The summed E-state index contributed by atoms with van der Waals surface area (Å²) in [5.74, 6) is 0. The largest absolute Gasteiger partial charge is 0.367 e. The number of hydrogen-bond donors (Lipinski definition) is 1. The van der Waals surface area contributed by atoms with Crippen LogP contribution in [0.15, 0.2) is 24.3 Å². The summed E-state index contributed by atoms with van der Waals surface area (Å²) in [6.45, 7) is 6.87. The van der Waals surface area contributed by atoms with Gasteiger partial charge in [-0.25, -0.2) is 0 Å². The topological polar surface area (TPSA) is 40.2 Å². The molecule has 1 unspecified atom stereocenters. The van der Waals surface area contributed by atoms with E-state index in [0.717, 1.165) is 32.5 Å². The minimum Gasteiger partial charge on any atom is -0.367 e. The Labute approximate surface area is 126 Å². The van der Waals surface area contributed by atoms with Crippen LogP contribution in [0.3, 0.4) is 0 Å². The van der Waals surface area contributed by atoms with Gasteiger partial charge in [-0.15, -0.1) is 12.4 Å². The first-order valence-electron chi connectivity index (χ1n) is 7.10. The molecule has 1 atom stereocenters. The van der Waals surface area contributed by atoms with Gasteiger partial charge in [0, 0.05) is 17.4 Å². The summed E-state index contributed by atoms with van der Waals surface area (Å²) in [5, 5.41) is 1.35. The van der Waals surface area contributed by atoms with E-state index in [1.807, 2.05) is 0 Å². The van der Waals surface area contributed by atoms with E-state index in [1.54, 1.807) is 0 Å².